The standard InChI is InChI=1S/C13H23N3/c1-4-6-14-9-12(3)8-13-10-15-16(11-13)7-5-2/h8,10-11,14H,4-7,9H2,1-3H3. The van der Waals surface area contributed by atoms with Crippen LogP contribution in [0, 0.1) is 0 Å². The number of aromatic nitrogens is 2. The van der Waals surface area contributed by atoms with Gasteiger partial charge in [-0.15, -0.1) is 0 Å². The molecule has 0 aromatic carbocycles. The minimum Gasteiger partial charge on any atom is -0.313 e. The van der Waals surface area contributed by atoms with Crippen LogP contribution < -0.4 is 5.32 Å². The van der Waals surface area contributed by atoms with Gasteiger partial charge in [-0.25, -0.2) is 0 Å². The molecule has 1 rings (SSSR count). The summed E-state index contributed by atoms with van der Waals surface area (Å²) in [6.07, 6.45) is 8.54. The molecule has 0 unspecified atom stereocenters. The molecule has 0 spiro atoms. The smallest absolute Gasteiger partial charge is 0.0562 e. The van der Waals surface area contributed by atoms with Crippen LogP contribution in [0.3, 0.4) is 0 Å². The van der Waals surface area contributed by atoms with Crippen molar-refractivity contribution in [2.45, 2.75) is 40.2 Å². The molecular weight excluding hydrogens is 198 g/mol. The van der Waals surface area contributed by atoms with Gasteiger partial charge in [0.25, 0.3) is 0 Å². The fourth-order valence-electron chi connectivity index (χ4n) is 1.60. The molecule has 0 radical (unpaired) electrons. The Morgan fingerprint density at radius 1 is 1.44 bits per heavy atom. The predicted octanol–water partition coefficient (Wildman–Crippen LogP) is 2.70. The van der Waals surface area contributed by atoms with Gasteiger partial charge in [0.05, 0.1) is 6.20 Å². The molecule has 1 aromatic rings. The second-order valence-electron chi connectivity index (χ2n) is 4.20. The van der Waals surface area contributed by atoms with Crippen molar-refractivity contribution >= 4 is 6.08 Å². The van der Waals surface area contributed by atoms with Crippen LogP contribution in [-0.2, 0) is 6.54 Å². The van der Waals surface area contributed by atoms with E-state index in [0.717, 1.165) is 26.1 Å². The molecule has 1 aromatic heterocycles. The fourth-order valence-corrected chi connectivity index (χ4v) is 1.60. The van der Waals surface area contributed by atoms with Crippen molar-refractivity contribution in [2.24, 2.45) is 0 Å². The van der Waals surface area contributed by atoms with Crippen LogP contribution in [0.5, 0.6) is 0 Å². The Morgan fingerprint density at radius 2 is 2.25 bits per heavy atom. The SMILES string of the molecule is CCCNCC(C)=Cc1cnn(CCC)c1. The highest BCUT2D eigenvalue weighted by Gasteiger charge is 1.96. The maximum Gasteiger partial charge on any atom is 0.0562 e. The molecular formula is C13H23N3. The number of aryl methyl sites for hydroxylation is 1. The lowest BCUT2D eigenvalue weighted by atomic mass is 10.2. The Balaban J connectivity index is 2.46. The molecule has 0 aliphatic heterocycles. The summed E-state index contributed by atoms with van der Waals surface area (Å²) < 4.78 is 2.00. The van der Waals surface area contributed by atoms with Gasteiger partial charge in [0.1, 0.15) is 0 Å². The van der Waals surface area contributed by atoms with E-state index in [1.54, 1.807) is 0 Å². The minimum atomic E-state index is 0.965. The van der Waals surface area contributed by atoms with E-state index in [2.05, 4.69) is 43.5 Å². The molecule has 0 fully saturated rings. The second kappa shape index (κ2) is 7.23. The molecule has 0 aliphatic rings. The van der Waals surface area contributed by atoms with Crippen LogP contribution in [0.15, 0.2) is 18.0 Å². The quantitative estimate of drug-likeness (QED) is 0.717. The monoisotopic (exact) mass is 221 g/mol. The van der Waals surface area contributed by atoms with Gasteiger partial charge < -0.3 is 5.32 Å². The number of hydrogen-bond acceptors (Lipinski definition) is 2. The molecule has 16 heavy (non-hydrogen) atoms. The normalized spacial score (nSPS) is 12.1. The predicted molar refractivity (Wildman–Crippen MR) is 69.3 cm³/mol. The first-order chi connectivity index (χ1) is 7.76. The van der Waals surface area contributed by atoms with Crippen LogP contribution in [0.2, 0.25) is 0 Å². The molecule has 0 bridgehead atoms. The molecule has 0 saturated carbocycles. The summed E-state index contributed by atoms with van der Waals surface area (Å²) in [5, 5.41) is 7.70. The van der Waals surface area contributed by atoms with Crippen LogP contribution in [0.1, 0.15) is 39.2 Å². The van der Waals surface area contributed by atoms with Gasteiger partial charge in [0.2, 0.25) is 0 Å². The van der Waals surface area contributed by atoms with E-state index in [4.69, 9.17) is 0 Å². The maximum atomic E-state index is 4.31. The van der Waals surface area contributed by atoms with Crippen LogP contribution in [-0.4, -0.2) is 22.9 Å². The zero-order valence-electron chi connectivity index (χ0n) is 10.7. The summed E-state index contributed by atoms with van der Waals surface area (Å²) in [5.41, 5.74) is 2.55. The third-order valence-corrected chi connectivity index (χ3v) is 2.35. The maximum absolute atomic E-state index is 4.31. The van der Waals surface area contributed by atoms with Gasteiger partial charge in [-0.2, -0.15) is 5.10 Å². The van der Waals surface area contributed by atoms with E-state index < -0.39 is 0 Å². The molecule has 3 nitrogen and oxygen atoms in total. The molecule has 0 amide bonds. The summed E-state index contributed by atoms with van der Waals surface area (Å²) >= 11 is 0. The van der Waals surface area contributed by atoms with E-state index in [1.807, 2.05) is 10.9 Å². The van der Waals surface area contributed by atoms with Crippen molar-refractivity contribution in [1.29, 1.82) is 0 Å². The van der Waals surface area contributed by atoms with E-state index in [0.29, 0.717) is 0 Å². The number of nitrogens with one attached hydrogen (secondary N) is 1. The lowest BCUT2D eigenvalue weighted by Crippen LogP contribution is -2.16. The Morgan fingerprint density at radius 3 is 2.94 bits per heavy atom. The molecule has 0 saturated heterocycles. The summed E-state index contributed by atoms with van der Waals surface area (Å²) in [6.45, 7) is 9.55. The van der Waals surface area contributed by atoms with Crippen molar-refractivity contribution in [1.82, 2.24) is 15.1 Å². The van der Waals surface area contributed by atoms with Gasteiger partial charge in [0, 0.05) is 24.8 Å². The van der Waals surface area contributed by atoms with Gasteiger partial charge in [-0.1, -0.05) is 25.5 Å². The zero-order chi connectivity index (χ0) is 11.8. The first-order valence-corrected chi connectivity index (χ1v) is 6.16. The van der Waals surface area contributed by atoms with Crippen LogP contribution in [0.25, 0.3) is 6.08 Å². The van der Waals surface area contributed by atoms with Crippen molar-refractivity contribution in [3.8, 4) is 0 Å². The van der Waals surface area contributed by atoms with Gasteiger partial charge >= 0.3 is 0 Å². The lowest BCUT2D eigenvalue weighted by molar-refractivity contribution is 0.602. The number of nitrogens with zero attached hydrogens (tertiary/aromatic N) is 2. The summed E-state index contributed by atoms with van der Waals surface area (Å²) in [4.78, 5) is 0. The minimum absolute atomic E-state index is 0.965. The van der Waals surface area contributed by atoms with Gasteiger partial charge in [0.15, 0.2) is 0 Å². The Kier molecular flexibility index (Phi) is 5.86. The fraction of sp³-hybridized carbons (Fsp3) is 0.615. The highest BCUT2D eigenvalue weighted by molar-refractivity contribution is 5.50. The summed E-state index contributed by atoms with van der Waals surface area (Å²) in [7, 11) is 0. The average Bonchev–Trinajstić information content (AvgIpc) is 2.66. The molecule has 3 heteroatoms. The molecule has 0 atom stereocenters. The first kappa shape index (κ1) is 13.0. The van der Waals surface area contributed by atoms with Crippen molar-refractivity contribution < 1.29 is 0 Å². The van der Waals surface area contributed by atoms with E-state index in [1.165, 1.54) is 17.6 Å². The molecule has 90 valence electrons. The first-order valence-electron chi connectivity index (χ1n) is 6.16. The summed E-state index contributed by atoms with van der Waals surface area (Å²) in [5.74, 6) is 0. The second-order valence-corrected chi connectivity index (χ2v) is 4.20. The van der Waals surface area contributed by atoms with E-state index >= 15 is 0 Å². The number of hydrogen-bond donors (Lipinski definition) is 1. The van der Waals surface area contributed by atoms with Crippen molar-refractivity contribution in [2.75, 3.05) is 13.1 Å². The van der Waals surface area contributed by atoms with E-state index in [9.17, 15) is 0 Å². The molecule has 1 heterocycles. The Hall–Kier alpha value is -1.09. The topological polar surface area (TPSA) is 29.9 Å². The third kappa shape index (κ3) is 4.62. The largest absolute Gasteiger partial charge is 0.313 e. The molecule has 1 N–H and O–H groups in total. The Labute approximate surface area is 98.5 Å². The van der Waals surface area contributed by atoms with E-state index in [-0.39, 0.29) is 0 Å². The van der Waals surface area contributed by atoms with Crippen molar-refractivity contribution in [3.05, 3.63) is 23.5 Å². The highest BCUT2D eigenvalue weighted by Crippen LogP contribution is 2.05. The van der Waals surface area contributed by atoms with Crippen LogP contribution in [0.4, 0.5) is 0 Å². The van der Waals surface area contributed by atoms with Crippen LogP contribution >= 0.6 is 0 Å². The lowest BCUT2D eigenvalue weighted by Gasteiger charge is -2.02. The zero-order valence-corrected chi connectivity index (χ0v) is 10.7. The van der Waals surface area contributed by atoms with Crippen molar-refractivity contribution in [3.63, 3.8) is 0 Å². The average molecular weight is 221 g/mol. The van der Waals surface area contributed by atoms with Gasteiger partial charge in [-0.05, 0) is 26.3 Å². The van der Waals surface area contributed by atoms with Gasteiger partial charge in [-0.3, -0.25) is 4.68 Å². The molecule has 0 aliphatic carbocycles. The highest BCUT2D eigenvalue weighted by atomic mass is 15.3. The third-order valence-electron chi connectivity index (χ3n) is 2.35. The summed E-state index contributed by atoms with van der Waals surface area (Å²) in [6, 6.07) is 0. The number of rotatable bonds is 7. The Bertz CT molecular complexity index is 326.